The van der Waals surface area contributed by atoms with Crippen molar-refractivity contribution < 1.29 is 15.9 Å². The number of hydrogen-bond donors (Lipinski definition) is 0. The average Bonchev–Trinajstić information content (AvgIpc) is 2.95. The molecule has 0 aliphatic rings. The lowest BCUT2D eigenvalue weighted by molar-refractivity contribution is -0.645. The average molecular weight is 681 g/mol. The highest BCUT2D eigenvalue weighted by molar-refractivity contribution is 6.46. The first-order chi connectivity index (χ1) is 19.7. The molecule has 6 aromatic rings. The van der Waals surface area contributed by atoms with E-state index in [1.165, 1.54) is 0 Å². The number of aryl methyl sites for hydroxylation is 1. The third-order valence-corrected chi connectivity index (χ3v) is 9.33. The topological polar surface area (TPSA) is 57.4 Å². The first-order valence-electron chi connectivity index (χ1n) is 11.9. The Kier molecular flexibility index (Phi) is 8.17. The molecule has 6 rings (SSSR count). The minimum atomic E-state index is -3.36. The van der Waals surface area contributed by atoms with Gasteiger partial charge in [-0.3, -0.25) is 9.97 Å². The Morgan fingerprint density at radius 3 is 1.56 bits per heavy atom. The molecule has 0 N–H and O–H groups in total. The van der Waals surface area contributed by atoms with Crippen LogP contribution >= 0.6 is 69.6 Å². The van der Waals surface area contributed by atoms with Crippen molar-refractivity contribution in [2.75, 3.05) is 0 Å². The van der Waals surface area contributed by atoms with E-state index in [4.69, 9.17) is 81.0 Å². The molecule has 0 unspecified atom stereocenters. The molecule has 0 saturated carbocycles. The molecule has 6 nitrogen and oxygen atoms in total. The number of pyridine rings is 3. The molecule has 204 valence electrons. The van der Waals surface area contributed by atoms with Gasteiger partial charge in [-0.05, 0) is 48.5 Å². The van der Waals surface area contributed by atoms with Gasteiger partial charge in [0.2, 0.25) is 0 Å². The molecule has 0 amide bonds. The van der Waals surface area contributed by atoms with Crippen molar-refractivity contribution in [2.24, 2.45) is 7.05 Å². The van der Waals surface area contributed by atoms with Crippen LogP contribution in [-0.2, 0) is 7.05 Å². The van der Waals surface area contributed by atoms with Gasteiger partial charge in [0.05, 0.1) is 35.5 Å². The first kappa shape index (κ1) is 28.7. The molecule has 0 aliphatic carbocycles. The van der Waals surface area contributed by atoms with Crippen molar-refractivity contribution in [1.29, 1.82) is 0 Å². The molecule has 41 heavy (non-hydrogen) atoms. The van der Waals surface area contributed by atoms with Crippen LogP contribution in [0.25, 0.3) is 32.7 Å². The second-order valence-electron chi connectivity index (χ2n) is 8.83. The fourth-order valence-electron chi connectivity index (χ4n) is 4.45. The third-order valence-electron chi connectivity index (χ3n) is 6.27. The second-order valence-corrected chi connectivity index (χ2v) is 12.6. The zero-order valence-corrected chi connectivity index (χ0v) is 26.5. The maximum absolute atomic E-state index is 6.70. The van der Waals surface area contributed by atoms with Crippen molar-refractivity contribution in [3.63, 3.8) is 0 Å². The molecule has 0 aliphatic heterocycles. The van der Waals surface area contributed by atoms with Crippen LogP contribution in [-0.4, -0.2) is 25.1 Å². The largest absolute Gasteiger partial charge is 1.20 e. The van der Waals surface area contributed by atoms with Gasteiger partial charge in [0.1, 0.15) is 29.6 Å². The smallest absolute Gasteiger partial charge is 0.575 e. The summed E-state index contributed by atoms with van der Waals surface area (Å²) in [5.41, 5.74) is 1.49. The summed E-state index contributed by atoms with van der Waals surface area (Å²) in [5.74, 6) is 0.754. The maximum atomic E-state index is 6.70. The van der Waals surface area contributed by atoms with Gasteiger partial charge in [-0.2, -0.15) is 4.57 Å². The van der Waals surface area contributed by atoms with Crippen LogP contribution in [0.2, 0.25) is 30.1 Å². The zero-order chi connectivity index (χ0) is 28.8. The number of fused-ring (bicyclic) bond motifs is 3. The Labute approximate surface area is 269 Å². The van der Waals surface area contributed by atoms with E-state index in [1.54, 1.807) is 42.7 Å². The first-order valence-corrected chi connectivity index (χ1v) is 15.6. The van der Waals surface area contributed by atoms with E-state index < -0.39 is 15.1 Å². The summed E-state index contributed by atoms with van der Waals surface area (Å²) in [4.78, 5) is 8.91. The van der Waals surface area contributed by atoms with Crippen molar-refractivity contribution in [1.82, 2.24) is 9.97 Å². The van der Waals surface area contributed by atoms with E-state index in [2.05, 4.69) is 9.97 Å². The van der Waals surface area contributed by atoms with E-state index in [-0.39, 0.29) is 26.6 Å². The van der Waals surface area contributed by atoms with E-state index in [0.717, 1.165) is 5.39 Å². The van der Waals surface area contributed by atoms with Gasteiger partial charge < -0.3 is 11.4 Å². The summed E-state index contributed by atoms with van der Waals surface area (Å²) in [7, 11) is 1.85. The Morgan fingerprint density at radius 2 is 1.02 bits per heavy atom. The van der Waals surface area contributed by atoms with Crippen LogP contribution in [0, 0.1) is 0 Å². The molecule has 13 heteroatoms. The Bertz CT molecular complexity index is 1900. The summed E-state index contributed by atoms with van der Waals surface area (Å²) in [6.07, 6.45) is 5.06. The minimum Gasteiger partial charge on any atom is -0.575 e. The molecule has 0 bridgehead atoms. The number of benzene rings is 3. The van der Waals surface area contributed by atoms with Crippen molar-refractivity contribution in [2.45, 2.75) is 0 Å². The third kappa shape index (κ3) is 5.43. The van der Waals surface area contributed by atoms with Crippen molar-refractivity contribution in [3.05, 3.63) is 103 Å². The summed E-state index contributed by atoms with van der Waals surface area (Å²) in [5, 5.41) is 3.98. The molecule has 3 heterocycles. The molecule has 0 atom stereocenters. The van der Waals surface area contributed by atoms with Crippen LogP contribution in [0.4, 0.5) is 0 Å². The quantitative estimate of drug-likeness (QED) is 0.130. The summed E-state index contributed by atoms with van der Waals surface area (Å²) < 4.78 is 21.3. The van der Waals surface area contributed by atoms with Crippen molar-refractivity contribution >= 4 is 117 Å². The lowest BCUT2D eigenvalue weighted by Gasteiger charge is -2.20. The Hall–Kier alpha value is -2.44. The number of aromatic nitrogens is 3. The summed E-state index contributed by atoms with van der Waals surface area (Å²) in [6, 6.07) is 15.6. The van der Waals surface area contributed by atoms with Crippen LogP contribution in [0.5, 0.6) is 17.2 Å². The number of rotatable bonds is 6. The predicted octanol–water partition coefficient (Wildman–Crippen LogP) is 9.20. The molecule has 3 aromatic heterocycles. The Balaban J connectivity index is 1.54. The van der Waals surface area contributed by atoms with E-state index in [1.807, 2.05) is 42.1 Å². The van der Waals surface area contributed by atoms with E-state index in [0.29, 0.717) is 48.1 Å². The fraction of sp³-hybridized carbons (Fsp3) is 0.0357. The highest BCUT2D eigenvalue weighted by Gasteiger charge is 2.48. The zero-order valence-electron chi connectivity index (χ0n) is 20.8. The summed E-state index contributed by atoms with van der Waals surface area (Å²) in [6.45, 7) is 0. The van der Waals surface area contributed by atoms with Crippen molar-refractivity contribution in [3.8, 4) is 17.2 Å². The molecule has 3 aromatic carbocycles. The molecule has 0 radical (unpaired) electrons. The number of nitrogens with zero attached hydrogens (tertiary/aromatic N) is 3. The highest BCUT2D eigenvalue weighted by Crippen LogP contribution is 2.42. The lowest BCUT2D eigenvalue weighted by atomic mass is 10.2. The lowest BCUT2D eigenvalue weighted by Crippen LogP contribution is -2.38. The fourth-order valence-corrected chi connectivity index (χ4v) is 7.79. The van der Waals surface area contributed by atoms with E-state index in [9.17, 15) is 0 Å². The standard InChI is InChI=1S/C10H7Cl2NO.2C9H5Cl2NO.Al/c1-13-4-2-3-6-7(11)5-8(12)10(14)9(6)13;2*10-6-4-7(11)9(13)8-5(6)2-1-3-12-8;/h2-5H,1H3;2*1-4,13H;/q;;;+3/p-2. The van der Waals surface area contributed by atoms with Crippen LogP contribution in [0.3, 0.4) is 0 Å². The van der Waals surface area contributed by atoms with Gasteiger partial charge in [-0.15, -0.1) is 0 Å². The van der Waals surface area contributed by atoms with Crippen LogP contribution in [0.15, 0.2) is 73.2 Å². The molecule has 0 fully saturated rings. The molecule has 0 saturated heterocycles. The SMILES string of the molecule is C[n+]1cccc2c(Cl)cc(Cl)c([O][Al]([O]c3c(Cl)cc(Cl)c4cccnc34)[O]c3c(Cl)cc(Cl)c4cccnc34)c21. The number of halogens is 6. The highest BCUT2D eigenvalue weighted by atomic mass is 35.5. The minimum absolute atomic E-state index is 0.216. The number of hydrogen-bond acceptors (Lipinski definition) is 5. The van der Waals surface area contributed by atoms with Gasteiger partial charge in [0, 0.05) is 29.2 Å². The van der Waals surface area contributed by atoms with E-state index >= 15 is 0 Å². The molecular weight excluding hydrogens is 666 g/mol. The van der Waals surface area contributed by atoms with Gasteiger partial charge in [0.15, 0.2) is 11.9 Å². The van der Waals surface area contributed by atoms with Gasteiger partial charge in [-0.1, -0.05) is 69.6 Å². The predicted molar refractivity (Wildman–Crippen MR) is 166 cm³/mol. The second kappa shape index (κ2) is 11.7. The van der Waals surface area contributed by atoms with Gasteiger partial charge >= 0.3 is 15.1 Å². The van der Waals surface area contributed by atoms with Crippen LogP contribution < -0.4 is 15.9 Å². The normalized spacial score (nSPS) is 11.3. The monoisotopic (exact) mass is 678 g/mol. The van der Waals surface area contributed by atoms with Gasteiger partial charge in [-0.25, -0.2) is 0 Å². The molecular formula is C28H15AlCl6N3O3+. The van der Waals surface area contributed by atoms with Crippen LogP contribution in [0.1, 0.15) is 0 Å². The summed E-state index contributed by atoms with van der Waals surface area (Å²) >= 11 is 36.0. The maximum Gasteiger partial charge on any atom is 1.20 e. The molecule has 0 spiro atoms. The Morgan fingerprint density at radius 1 is 0.585 bits per heavy atom. The van der Waals surface area contributed by atoms with Gasteiger partial charge in [0.25, 0.3) is 5.52 Å².